The minimum atomic E-state index is 0.329. The Labute approximate surface area is 118 Å². The fraction of sp³-hybridized carbons (Fsp3) is 0.333. The van der Waals surface area contributed by atoms with Crippen LogP contribution in [0.25, 0.3) is 0 Å². The van der Waals surface area contributed by atoms with Crippen molar-refractivity contribution in [1.29, 1.82) is 0 Å². The maximum absolute atomic E-state index is 6.05. The molecule has 3 heteroatoms. The molecule has 0 aliphatic heterocycles. The van der Waals surface area contributed by atoms with Crippen LogP contribution in [0.15, 0.2) is 42.5 Å². The van der Waals surface area contributed by atoms with E-state index in [1.807, 2.05) is 13.1 Å². The van der Waals surface area contributed by atoms with Crippen LogP contribution in [0.2, 0.25) is 4.34 Å². The molecule has 0 aliphatic rings. The van der Waals surface area contributed by atoms with Crippen molar-refractivity contribution in [2.24, 2.45) is 0 Å². The number of benzene rings is 1. The lowest BCUT2D eigenvalue weighted by atomic mass is 9.88. The normalized spacial score (nSPS) is 14.4. The third-order valence-electron chi connectivity index (χ3n) is 3.28. The van der Waals surface area contributed by atoms with E-state index in [-0.39, 0.29) is 0 Å². The molecule has 1 heterocycles. The van der Waals surface area contributed by atoms with Gasteiger partial charge in [0.25, 0.3) is 0 Å². The number of thiophene rings is 1. The highest BCUT2D eigenvalue weighted by Crippen LogP contribution is 2.37. The standard InChI is InChI=1S/C15H18ClNS/c1-3-12(11-7-5-4-6-8-11)15(17-2)13-9-10-14(16)18-13/h4-10,12,15,17H,3H2,1-2H3. The summed E-state index contributed by atoms with van der Waals surface area (Å²) in [6.07, 6.45) is 1.10. The van der Waals surface area contributed by atoms with Gasteiger partial charge in [-0.15, -0.1) is 11.3 Å². The molecule has 1 aromatic heterocycles. The third kappa shape index (κ3) is 2.94. The summed E-state index contributed by atoms with van der Waals surface area (Å²) >= 11 is 7.71. The van der Waals surface area contributed by atoms with Gasteiger partial charge in [-0.1, -0.05) is 48.9 Å². The van der Waals surface area contributed by atoms with Crippen molar-refractivity contribution in [3.63, 3.8) is 0 Å². The Bertz CT molecular complexity index is 480. The lowest BCUT2D eigenvalue weighted by molar-refractivity contribution is 0.474. The van der Waals surface area contributed by atoms with E-state index >= 15 is 0 Å². The third-order valence-corrected chi connectivity index (χ3v) is 4.60. The van der Waals surface area contributed by atoms with Crippen molar-refractivity contribution in [1.82, 2.24) is 5.32 Å². The molecule has 2 aromatic rings. The molecule has 0 amide bonds. The molecule has 0 saturated carbocycles. The number of halogens is 1. The fourth-order valence-electron chi connectivity index (χ4n) is 2.40. The molecule has 96 valence electrons. The summed E-state index contributed by atoms with van der Waals surface area (Å²) in [5.74, 6) is 0.478. The molecule has 18 heavy (non-hydrogen) atoms. The second-order valence-electron chi connectivity index (χ2n) is 4.33. The first-order valence-electron chi connectivity index (χ1n) is 6.23. The second-order valence-corrected chi connectivity index (χ2v) is 6.08. The minimum absolute atomic E-state index is 0.329. The lowest BCUT2D eigenvalue weighted by Gasteiger charge is -2.25. The summed E-state index contributed by atoms with van der Waals surface area (Å²) in [6.45, 7) is 2.23. The quantitative estimate of drug-likeness (QED) is 0.824. The van der Waals surface area contributed by atoms with E-state index in [9.17, 15) is 0 Å². The molecular formula is C15H18ClNS. The van der Waals surface area contributed by atoms with Crippen LogP contribution in [0.3, 0.4) is 0 Å². The van der Waals surface area contributed by atoms with Crippen LogP contribution >= 0.6 is 22.9 Å². The van der Waals surface area contributed by atoms with E-state index in [4.69, 9.17) is 11.6 Å². The maximum Gasteiger partial charge on any atom is 0.0931 e. The van der Waals surface area contributed by atoms with Gasteiger partial charge in [0.2, 0.25) is 0 Å². The van der Waals surface area contributed by atoms with E-state index in [1.54, 1.807) is 11.3 Å². The number of rotatable bonds is 5. The van der Waals surface area contributed by atoms with Crippen molar-refractivity contribution in [3.8, 4) is 0 Å². The molecule has 2 unspecified atom stereocenters. The molecule has 0 radical (unpaired) electrons. The van der Waals surface area contributed by atoms with Gasteiger partial charge in [-0.2, -0.15) is 0 Å². The zero-order valence-corrected chi connectivity index (χ0v) is 12.3. The van der Waals surface area contributed by atoms with Gasteiger partial charge < -0.3 is 5.32 Å². The Morgan fingerprint density at radius 3 is 2.39 bits per heavy atom. The molecular weight excluding hydrogens is 262 g/mol. The molecule has 1 aromatic carbocycles. The molecule has 0 saturated heterocycles. The lowest BCUT2D eigenvalue weighted by Crippen LogP contribution is -2.22. The highest BCUT2D eigenvalue weighted by atomic mass is 35.5. The first kappa shape index (κ1) is 13.6. The second kappa shape index (κ2) is 6.37. The largest absolute Gasteiger partial charge is 0.312 e. The van der Waals surface area contributed by atoms with Crippen molar-refractivity contribution in [2.45, 2.75) is 25.3 Å². The average Bonchev–Trinajstić information content (AvgIpc) is 2.83. The molecule has 0 bridgehead atoms. The van der Waals surface area contributed by atoms with Crippen molar-refractivity contribution < 1.29 is 0 Å². The van der Waals surface area contributed by atoms with E-state index in [1.165, 1.54) is 10.4 Å². The van der Waals surface area contributed by atoms with Crippen molar-refractivity contribution >= 4 is 22.9 Å². The molecule has 2 rings (SSSR count). The van der Waals surface area contributed by atoms with Gasteiger partial charge in [0.1, 0.15) is 0 Å². The van der Waals surface area contributed by atoms with Crippen LogP contribution < -0.4 is 5.32 Å². The highest BCUT2D eigenvalue weighted by molar-refractivity contribution is 7.16. The monoisotopic (exact) mass is 279 g/mol. The van der Waals surface area contributed by atoms with Gasteiger partial charge in [-0.25, -0.2) is 0 Å². The first-order valence-corrected chi connectivity index (χ1v) is 7.43. The summed E-state index contributed by atoms with van der Waals surface area (Å²) < 4.78 is 0.855. The summed E-state index contributed by atoms with van der Waals surface area (Å²) in [6, 6.07) is 15.1. The van der Waals surface area contributed by atoms with Crippen LogP contribution in [0, 0.1) is 0 Å². The molecule has 0 spiro atoms. The van der Waals surface area contributed by atoms with Crippen molar-refractivity contribution in [3.05, 3.63) is 57.2 Å². The summed E-state index contributed by atoms with van der Waals surface area (Å²) in [5.41, 5.74) is 1.38. The number of hydrogen-bond acceptors (Lipinski definition) is 2. The average molecular weight is 280 g/mol. The summed E-state index contributed by atoms with van der Waals surface area (Å²) in [4.78, 5) is 1.30. The Balaban J connectivity index is 2.30. The van der Waals surface area contributed by atoms with Gasteiger partial charge in [-0.05, 0) is 31.2 Å². The zero-order valence-electron chi connectivity index (χ0n) is 10.7. The van der Waals surface area contributed by atoms with Crippen LogP contribution in [0.4, 0.5) is 0 Å². The zero-order chi connectivity index (χ0) is 13.0. The number of nitrogens with one attached hydrogen (secondary N) is 1. The Kier molecular flexibility index (Phi) is 4.81. The van der Waals surface area contributed by atoms with Crippen LogP contribution in [0.5, 0.6) is 0 Å². The molecule has 0 aliphatic carbocycles. The van der Waals surface area contributed by atoms with Gasteiger partial charge in [0.15, 0.2) is 0 Å². The van der Waals surface area contributed by atoms with Gasteiger partial charge in [0.05, 0.1) is 4.34 Å². The molecule has 2 atom stereocenters. The molecule has 1 nitrogen and oxygen atoms in total. The van der Waals surface area contributed by atoms with E-state index in [2.05, 4.69) is 48.6 Å². The van der Waals surface area contributed by atoms with Crippen molar-refractivity contribution in [2.75, 3.05) is 7.05 Å². The molecule has 0 fully saturated rings. The first-order chi connectivity index (χ1) is 8.76. The van der Waals surface area contributed by atoms with E-state index < -0.39 is 0 Å². The Hall–Kier alpha value is -0.830. The number of hydrogen-bond donors (Lipinski definition) is 1. The minimum Gasteiger partial charge on any atom is -0.312 e. The van der Waals surface area contributed by atoms with E-state index in [0.29, 0.717) is 12.0 Å². The summed E-state index contributed by atoms with van der Waals surface area (Å²) in [7, 11) is 2.02. The SMILES string of the molecule is CCC(c1ccccc1)C(NC)c1ccc(Cl)s1. The predicted molar refractivity (Wildman–Crippen MR) is 80.6 cm³/mol. The maximum atomic E-state index is 6.05. The Morgan fingerprint density at radius 1 is 1.17 bits per heavy atom. The topological polar surface area (TPSA) is 12.0 Å². The van der Waals surface area contributed by atoms with Gasteiger partial charge >= 0.3 is 0 Å². The Morgan fingerprint density at radius 2 is 1.89 bits per heavy atom. The van der Waals surface area contributed by atoms with E-state index in [0.717, 1.165) is 10.8 Å². The smallest absolute Gasteiger partial charge is 0.0931 e. The van der Waals surface area contributed by atoms with Gasteiger partial charge in [-0.3, -0.25) is 0 Å². The number of likely N-dealkylation sites (N-methyl/N-ethyl adjacent to an activating group) is 1. The highest BCUT2D eigenvalue weighted by Gasteiger charge is 2.23. The predicted octanol–water partition coefficient (Wildman–Crippen LogP) is 4.86. The summed E-state index contributed by atoms with van der Waals surface area (Å²) in [5, 5.41) is 3.43. The van der Waals surface area contributed by atoms with Crippen LogP contribution in [-0.4, -0.2) is 7.05 Å². The van der Waals surface area contributed by atoms with Gasteiger partial charge in [0, 0.05) is 16.8 Å². The fourth-order valence-corrected chi connectivity index (χ4v) is 3.64. The van der Waals surface area contributed by atoms with Crippen LogP contribution in [-0.2, 0) is 0 Å². The van der Waals surface area contributed by atoms with Crippen LogP contribution in [0.1, 0.15) is 35.7 Å². The molecule has 1 N–H and O–H groups in total.